The molecule has 0 unspecified atom stereocenters. The van der Waals surface area contributed by atoms with Gasteiger partial charge in [0.1, 0.15) is 5.41 Å². The second kappa shape index (κ2) is 4.39. The predicted octanol–water partition coefficient (Wildman–Crippen LogP) is 3.72. The van der Waals surface area contributed by atoms with E-state index < -0.39 is 5.41 Å². The molecule has 0 amide bonds. The third kappa shape index (κ3) is 1.68. The van der Waals surface area contributed by atoms with Crippen molar-refractivity contribution in [3.63, 3.8) is 0 Å². The molecular weight excluding hydrogens is 236 g/mol. The normalized spacial score (nSPS) is 21.6. The molecule has 19 heavy (non-hydrogen) atoms. The summed E-state index contributed by atoms with van der Waals surface area (Å²) < 4.78 is 5.06. The van der Waals surface area contributed by atoms with Crippen molar-refractivity contribution in [3.8, 4) is 0 Å². The van der Waals surface area contributed by atoms with E-state index >= 15 is 0 Å². The number of carbonyl (C=O) groups excluding carboxylic acids is 1. The van der Waals surface area contributed by atoms with Gasteiger partial charge in [0.05, 0.1) is 6.26 Å². The summed E-state index contributed by atoms with van der Waals surface area (Å²) >= 11 is 0. The summed E-state index contributed by atoms with van der Waals surface area (Å²) in [7, 11) is 0. The maximum absolute atomic E-state index is 12.2. The zero-order valence-corrected chi connectivity index (χ0v) is 10.5. The third-order valence-corrected chi connectivity index (χ3v) is 3.63. The molecule has 2 aromatic carbocycles. The number of fused-ring (bicyclic) bond motifs is 1. The first-order valence-corrected chi connectivity index (χ1v) is 6.26. The predicted molar refractivity (Wildman–Crippen MR) is 75.7 cm³/mol. The lowest BCUT2D eigenvalue weighted by Crippen LogP contribution is -2.30. The molecule has 0 bridgehead atoms. The summed E-state index contributed by atoms with van der Waals surface area (Å²) in [5, 5.41) is 2.20. The zero-order valence-electron chi connectivity index (χ0n) is 10.5. The van der Waals surface area contributed by atoms with Crippen LogP contribution >= 0.6 is 0 Å². The Hall–Kier alpha value is -2.35. The summed E-state index contributed by atoms with van der Waals surface area (Å²) in [5.74, 6) is -0.233. The number of ether oxygens (including phenoxy) is 1. The number of hydrogen-bond donors (Lipinski definition) is 0. The molecule has 0 saturated heterocycles. The fourth-order valence-corrected chi connectivity index (χ4v) is 2.69. The van der Waals surface area contributed by atoms with Crippen LogP contribution in [0.2, 0.25) is 0 Å². The lowest BCUT2D eigenvalue weighted by atomic mass is 9.76. The van der Waals surface area contributed by atoms with Gasteiger partial charge >= 0.3 is 5.97 Å². The minimum absolute atomic E-state index is 0.233. The standard InChI is InChI=1S/C17H14O2/c1-2-10-17(11-12-19-16(17)18)15-9-5-7-13-6-3-4-8-14(13)15/h2-9,11-12H,1,10H2/t17-/m1/s1. The highest BCUT2D eigenvalue weighted by Crippen LogP contribution is 2.39. The van der Waals surface area contributed by atoms with Gasteiger partial charge in [-0.15, -0.1) is 6.58 Å². The van der Waals surface area contributed by atoms with Crippen molar-refractivity contribution in [2.75, 3.05) is 0 Å². The Morgan fingerprint density at radius 3 is 2.68 bits per heavy atom. The quantitative estimate of drug-likeness (QED) is 0.613. The van der Waals surface area contributed by atoms with Crippen molar-refractivity contribution in [2.45, 2.75) is 11.8 Å². The maximum atomic E-state index is 12.2. The van der Waals surface area contributed by atoms with E-state index in [9.17, 15) is 4.79 Å². The molecule has 94 valence electrons. The Kier molecular flexibility index (Phi) is 2.71. The fraction of sp³-hybridized carbons (Fsp3) is 0.118. The molecule has 2 nitrogen and oxygen atoms in total. The Balaban J connectivity index is 2.30. The number of esters is 1. The number of benzene rings is 2. The van der Waals surface area contributed by atoms with Crippen LogP contribution in [0.5, 0.6) is 0 Å². The minimum Gasteiger partial charge on any atom is -0.434 e. The van der Waals surface area contributed by atoms with Crippen LogP contribution in [0.25, 0.3) is 10.8 Å². The van der Waals surface area contributed by atoms with Gasteiger partial charge in [-0.1, -0.05) is 48.5 Å². The molecule has 1 aliphatic rings. The first-order chi connectivity index (χ1) is 9.28. The fourth-order valence-electron chi connectivity index (χ4n) is 2.69. The van der Waals surface area contributed by atoms with Crippen molar-refractivity contribution in [1.82, 2.24) is 0 Å². The highest BCUT2D eigenvalue weighted by molar-refractivity contribution is 5.96. The van der Waals surface area contributed by atoms with Gasteiger partial charge in [-0.3, -0.25) is 4.79 Å². The smallest absolute Gasteiger partial charge is 0.325 e. The number of rotatable bonds is 3. The molecule has 0 aromatic heterocycles. The molecule has 0 N–H and O–H groups in total. The van der Waals surface area contributed by atoms with E-state index in [-0.39, 0.29) is 5.97 Å². The summed E-state index contributed by atoms with van der Waals surface area (Å²) in [6.45, 7) is 3.77. The summed E-state index contributed by atoms with van der Waals surface area (Å²) in [5.41, 5.74) is 0.243. The average molecular weight is 250 g/mol. The number of hydrogen-bond acceptors (Lipinski definition) is 2. The molecule has 1 heterocycles. The Labute approximate surface area is 112 Å². The van der Waals surface area contributed by atoms with Gasteiger partial charge in [0.15, 0.2) is 0 Å². The number of cyclic esters (lactones) is 1. The Morgan fingerprint density at radius 1 is 1.16 bits per heavy atom. The van der Waals surface area contributed by atoms with Gasteiger partial charge < -0.3 is 4.74 Å². The molecule has 0 aliphatic carbocycles. The van der Waals surface area contributed by atoms with E-state index in [1.165, 1.54) is 6.26 Å². The molecule has 1 atom stereocenters. The maximum Gasteiger partial charge on any atom is 0.325 e. The Bertz CT molecular complexity index is 679. The van der Waals surface area contributed by atoms with Crippen LogP contribution in [0, 0.1) is 0 Å². The second-order valence-corrected chi connectivity index (χ2v) is 4.70. The van der Waals surface area contributed by atoms with Gasteiger partial charge in [-0.25, -0.2) is 0 Å². The molecule has 3 rings (SSSR count). The van der Waals surface area contributed by atoms with Gasteiger partial charge in [0, 0.05) is 0 Å². The third-order valence-electron chi connectivity index (χ3n) is 3.63. The van der Waals surface area contributed by atoms with E-state index in [0.29, 0.717) is 6.42 Å². The summed E-state index contributed by atoms with van der Waals surface area (Å²) in [6.07, 6.45) is 5.61. The van der Waals surface area contributed by atoms with Crippen molar-refractivity contribution in [2.24, 2.45) is 0 Å². The van der Waals surface area contributed by atoms with E-state index in [0.717, 1.165) is 16.3 Å². The second-order valence-electron chi connectivity index (χ2n) is 4.70. The molecular formula is C17H14O2. The molecule has 0 radical (unpaired) electrons. The molecule has 0 saturated carbocycles. The molecule has 0 fully saturated rings. The van der Waals surface area contributed by atoms with Gasteiger partial charge in [0.25, 0.3) is 0 Å². The molecule has 2 heteroatoms. The van der Waals surface area contributed by atoms with E-state index in [4.69, 9.17) is 4.74 Å². The zero-order chi connectivity index (χ0) is 13.3. The van der Waals surface area contributed by atoms with Crippen LogP contribution in [-0.2, 0) is 14.9 Å². The Morgan fingerprint density at radius 2 is 1.95 bits per heavy atom. The van der Waals surface area contributed by atoms with Crippen LogP contribution in [-0.4, -0.2) is 5.97 Å². The van der Waals surface area contributed by atoms with Gasteiger partial charge in [-0.05, 0) is 28.8 Å². The van der Waals surface area contributed by atoms with Crippen LogP contribution < -0.4 is 0 Å². The van der Waals surface area contributed by atoms with Crippen molar-refractivity contribution >= 4 is 16.7 Å². The van der Waals surface area contributed by atoms with Gasteiger partial charge in [0.2, 0.25) is 0 Å². The summed E-state index contributed by atoms with van der Waals surface area (Å²) in [4.78, 5) is 12.2. The van der Waals surface area contributed by atoms with Crippen LogP contribution in [0.1, 0.15) is 12.0 Å². The minimum atomic E-state index is -0.734. The highest BCUT2D eigenvalue weighted by atomic mass is 16.5. The van der Waals surface area contributed by atoms with Crippen molar-refractivity contribution in [1.29, 1.82) is 0 Å². The number of carbonyl (C=O) groups is 1. The van der Waals surface area contributed by atoms with Gasteiger partial charge in [-0.2, -0.15) is 0 Å². The number of allylic oxidation sites excluding steroid dienone is 1. The van der Waals surface area contributed by atoms with Crippen LogP contribution in [0.3, 0.4) is 0 Å². The van der Waals surface area contributed by atoms with E-state index in [1.54, 1.807) is 6.08 Å². The SMILES string of the molecule is C=CC[C@]1(c2cccc3ccccc23)C=COC1=O. The van der Waals surface area contributed by atoms with Crippen molar-refractivity contribution in [3.05, 3.63) is 73.0 Å². The average Bonchev–Trinajstić information content (AvgIpc) is 2.81. The lowest BCUT2D eigenvalue weighted by molar-refractivity contribution is -0.140. The highest BCUT2D eigenvalue weighted by Gasteiger charge is 2.42. The topological polar surface area (TPSA) is 26.3 Å². The van der Waals surface area contributed by atoms with Crippen LogP contribution in [0.15, 0.2) is 67.5 Å². The van der Waals surface area contributed by atoms with E-state index in [2.05, 4.69) is 6.58 Å². The summed E-state index contributed by atoms with van der Waals surface area (Å²) in [6, 6.07) is 14.1. The first kappa shape index (κ1) is 11.7. The van der Waals surface area contributed by atoms with Crippen molar-refractivity contribution < 1.29 is 9.53 Å². The van der Waals surface area contributed by atoms with Crippen LogP contribution in [0.4, 0.5) is 0 Å². The van der Waals surface area contributed by atoms with E-state index in [1.807, 2.05) is 48.5 Å². The largest absolute Gasteiger partial charge is 0.434 e. The molecule has 0 spiro atoms. The molecule has 2 aromatic rings. The molecule has 1 aliphatic heterocycles. The lowest BCUT2D eigenvalue weighted by Gasteiger charge is -2.24. The first-order valence-electron chi connectivity index (χ1n) is 6.26. The monoisotopic (exact) mass is 250 g/mol.